The van der Waals surface area contributed by atoms with E-state index in [9.17, 15) is 14.4 Å². The lowest BCUT2D eigenvalue weighted by atomic mass is 10.2. The highest BCUT2D eigenvalue weighted by molar-refractivity contribution is 7.14. The van der Waals surface area contributed by atoms with Gasteiger partial charge in [-0.15, -0.1) is 11.3 Å². The molecule has 1 heterocycles. The van der Waals surface area contributed by atoms with E-state index in [0.29, 0.717) is 22.8 Å². The van der Waals surface area contributed by atoms with Crippen molar-refractivity contribution in [2.24, 2.45) is 0 Å². The number of ketones is 1. The lowest BCUT2D eigenvalue weighted by Gasteiger charge is -2.08. The van der Waals surface area contributed by atoms with Crippen LogP contribution in [0.4, 0.5) is 0 Å². The second-order valence-corrected chi connectivity index (χ2v) is 6.58. The van der Waals surface area contributed by atoms with E-state index in [1.54, 1.807) is 30.3 Å². The van der Waals surface area contributed by atoms with Gasteiger partial charge in [-0.05, 0) is 50.2 Å². The number of hydrogen-bond acceptors (Lipinski definition) is 5. The van der Waals surface area contributed by atoms with E-state index in [1.165, 1.54) is 11.3 Å². The molecule has 0 spiro atoms. The Labute approximate surface area is 150 Å². The predicted octanol–water partition coefficient (Wildman–Crippen LogP) is 2.88. The van der Waals surface area contributed by atoms with Gasteiger partial charge in [-0.25, -0.2) is 0 Å². The molecule has 2 amide bonds. The van der Waals surface area contributed by atoms with E-state index in [0.717, 1.165) is 4.88 Å². The molecule has 2 N–H and O–H groups in total. The Kier molecular flexibility index (Phi) is 6.71. The first kappa shape index (κ1) is 18.7. The molecule has 1 aromatic carbocycles. The van der Waals surface area contributed by atoms with E-state index in [2.05, 4.69) is 10.9 Å². The van der Waals surface area contributed by atoms with Crippen molar-refractivity contribution < 1.29 is 19.1 Å². The van der Waals surface area contributed by atoms with Crippen molar-refractivity contribution in [2.75, 3.05) is 6.61 Å². The van der Waals surface area contributed by atoms with Gasteiger partial charge in [-0.1, -0.05) is 0 Å². The normalized spacial score (nSPS) is 10.2. The Morgan fingerprint density at radius 1 is 1.00 bits per heavy atom. The summed E-state index contributed by atoms with van der Waals surface area (Å²) in [7, 11) is 0. The van der Waals surface area contributed by atoms with Crippen LogP contribution in [0.25, 0.3) is 0 Å². The first-order valence-corrected chi connectivity index (χ1v) is 8.73. The number of carbonyl (C=O) groups excluding carboxylic acids is 3. The summed E-state index contributed by atoms with van der Waals surface area (Å²) in [5.74, 6) is -0.256. The van der Waals surface area contributed by atoms with Gasteiger partial charge in [-0.2, -0.15) is 0 Å². The molecule has 0 fully saturated rings. The lowest BCUT2D eigenvalue weighted by molar-refractivity contribution is -0.121. The third-order valence-corrected chi connectivity index (χ3v) is 4.38. The molecule has 0 aliphatic heterocycles. The van der Waals surface area contributed by atoms with Crippen molar-refractivity contribution >= 4 is 28.9 Å². The zero-order chi connectivity index (χ0) is 18.2. The molecule has 0 saturated heterocycles. The van der Waals surface area contributed by atoms with Gasteiger partial charge in [0.15, 0.2) is 5.78 Å². The number of hydrazine groups is 1. The van der Waals surface area contributed by atoms with Crippen LogP contribution in [-0.4, -0.2) is 24.2 Å². The number of nitrogens with one attached hydrogen (secondary N) is 2. The van der Waals surface area contributed by atoms with Gasteiger partial charge in [0.2, 0.25) is 5.91 Å². The summed E-state index contributed by atoms with van der Waals surface area (Å²) in [6, 6.07) is 10.2. The molecule has 7 heteroatoms. The fourth-order valence-electron chi connectivity index (χ4n) is 2.06. The van der Waals surface area contributed by atoms with Crippen LogP contribution in [0.3, 0.4) is 0 Å². The maximum absolute atomic E-state index is 11.9. The van der Waals surface area contributed by atoms with Gasteiger partial charge < -0.3 is 4.74 Å². The molecule has 1 aromatic heterocycles. The fraction of sp³-hybridized carbons (Fsp3) is 0.278. The maximum atomic E-state index is 11.9. The molecule has 2 rings (SSSR count). The number of Topliss-reactive ketones (excluding diaryl/α,β-unsaturated/α-hetero) is 1. The highest BCUT2D eigenvalue weighted by atomic mass is 32.1. The van der Waals surface area contributed by atoms with Gasteiger partial charge in [-0.3, -0.25) is 25.2 Å². The van der Waals surface area contributed by atoms with E-state index >= 15 is 0 Å². The third-order valence-electron chi connectivity index (χ3n) is 3.34. The largest absolute Gasteiger partial charge is 0.494 e. The van der Waals surface area contributed by atoms with Crippen molar-refractivity contribution in [3.8, 4) is 5.75 Å². The summed E-state index contributed by atoms with van der Waals surface area (Å²) < 4.78 is 5.30. The second-order valence-electron chi connectivity index (χ2n) is 5.29. The Morgan fingerprint density at radius 3 is 2.32 bits per heavy atom. The number of ether oxygens (including phenoxy) is 1. The third kappa shape index (κ3) is 5.72. The average Bonchev–Trinajstić information content (AvgIpc) is 3.05. The van der Waals surface area contributed by atoms with Crippen molar-refractivity contribution in [3.63, 3.8) is 0 Å². The minimum atomic E-state index is -0.434. The molecule has 0 bridgehead atoms. The topological polar surface area (TPSA) is 84.5 Å². The van der Waals surface area contributed by atoms with E-state index in [1.807, 2.05) is 19.9 Å². The first-order valence-electron chi connectivity index (χ1n) is 7.91. The number of rotatable bonds is 7. The molecule has 2 aromatic rings. The monoisotopic (exact) mass is 360 g/mol. The summed E-state index contributed by atoms with van der Waals surface area (Å²) in [4.78, 5) is 37.3. The van der Waals surface area contributed by atoms with Gasteiger partial charge in [0.25, 0.3) is 5.91 Å². The van der Waals surface area contributed by atoms with Crippen LogP contribution in [0.15, 0.2) is 36.4 Å². The van der Waals surface area contributed by atoms with Gasteiger partial charge in [0, 0.05) is 23.3 Å². The van der Waals surface area contributed by atoms with Crippen molar-refractivity contribution in [1.82, 2.24) is 10.9 Å². The van der Waals surface area contributed by atoms with Gasteiger partial charge >= 0.3 is 0 Å². The summed E-state index contributed by atoms with van der Waals surface area (Å²) in [5.41, 5.74) is 5.04. The molecule has 0 unspecified atom stereocenters. The highest BCUT2D eigenvalue weighted by Crippen LogP contribution is 2.17. The van der Waals surface area contributed by atoms with Gasteiger partial charge in [0.1, 0.15) is 5.75 Å². The van der Waals surface area contributed by atoms with Crippen LogP contribution < -0.4 is 15.6 Å². The zero-order valence-electron chi connectivity index (χ0n) is 14.1. The molecule has 0 radical (unpaired) electrons. The van der Waals surface area contributed by atoms with E-state index < -0.39 is 11.8 Å². The van der Waals surface area contributed by atoms with E-state index in [4.69, 9.17) is 4.74 Å². The van der Waals surface area contributed by atoms with Crippen molar-refractivity contribution in [2.45, 2.75) is 26.7 Å². The summed E-state index contributed by atoms with van der Waals surface area (Å²) in [5, 5.41) is 0. The number of aryl methyl sites for hydroxylation is 1. The predicted molar refractivity (Wildman–Crippen MR) is 95.8 cm³/mol. The smallest absolute Gasteiger partial charge is 0.269 e. The van der Waals surface area contributed by atoms with Crippen molar-refractivity contribution in [1.29, 1.82) is 0 Å². The number of benzene rings is 1. The number of hydrogen-bond donors (Lipinski definition) is 2. The maximum Gasteiger partial charge on any atom is 0.269 e. The number of carbonyl (C=O) groups is 3. The Bertz CT molecular complexity index is 753. The second kappa shape index (κ2) is 8.98. The highest BCUT2D eigenvalue weighted by Gasteiger charge is 2.12. The minimum Gasteiger partial charge on any atom is -0.494 e. The van der Waals surface area contributed by atoms with E-state index in [-0.39, 0.29) is 18.6 Å². The Hall–Kier alpha value is -2.67. The molecule has 6 nitrogen and oxygen atoms in total. The molecule has 0 saturated carbocycles. The Morgan fingerprint density at radius 2 is 1.72 bits per heavy atom. The lowest BCUT2D eigenvalue weighted by Crippen LogP contribution is -2.41. The quantitative estimate of drug-likeness (QED) is 0.587. The summed E-state index contributed by atoms with van der Waals surface area (Å²) in [6.45, 7) is 4.34. The minimum absolute atomic E-state index is 0.0132. The number of amides is 2. The van der Waals surface area contributed by atoms with Crippen LogP contribution in [0.1, 0.15) is 44.7 Å². The SMILES string of the molecule is CCOc1ccc(C(=O)NNC(=O)CCC(=O)c2ccc(C)s2)cc1. The van der Waals surface area contributed by atoms with Crippen LogP contribution in [0.5, 0.6) is 5.75 Å². The molecule has 0 atom stereocenters. The van der Waals surface area contributed by atoms with Crippen LogP contribution in [-0.2, 0) is 4.79 Å². The number of thiophene rings is 1. The first-order chi connectivity index (χ1) is 12.0. The molecule has 0 aliphatic rings. The molecule has 25 heavy (non-hydrogen) atoms. The van der Waals surface area contributed by atoms with Crippen LogP contribution >= 0.6 is 11.3 Å². The van der Waals surface area contributed by atoms with Gasteiger partial charge in [0.05, 0.1) is 11.5 Å². The summed E-state index contributed by atoms with van der Waals surface area (Å²) in [6.07, 6.45) is 0.115. The molecular formula is C18H20N2O4S. The summed E-state index contributed by atoms with van der Waals surface area (Å²) >= 11 is 1.41. The standard InChI is InChI=1S/C18H20N2O4S/c1-3-24-14-7-5-13(6-8-14)18(23)20-19-17(22)11-9-15(21)16-10-4-12(2)25-16/h4-8,10H,3,9,11H2,1-2H3,(H,19,22)(H,20,23). The van der Waals surface area contributed by atoms with Crippen molar-refractivity contribution in [3.05, 3.63) is 51.7 Å². The molecular weight excluding hydrogens is 340 g/mol. The Balaban J connectivity index is 1.75. The molecule has 0 aliphatic carbocycles. The zero-order valence-corrected chi connectivity index (χ0v) is 14.9. The average molecular weight is 360 g/mol. The van der Waals surface area contributed by atoms with Crippen LogP contribution in [0, 0.1) is 6.92 Å². The fourth-order valence-corrected chi connectivity index (χ4v) is 2.90. The van der Waals surface area contributed by atoms with Crippen LogP contribution in [0.2, 0.25) is 0 Å². The molecule has 132 valence electrons.